The van der Waals surface area contributed by atoms with Gasteiger partial charge in [-0.05, 0) is 24.3 Å². The summed E-state index contributed by atoms with van der Waals surface area (Å²) in [5.74, 6) is 0.191. The van der Waals surface area contributed by atoms with Crippen molar-refractivity contribution in [3.63, 3.8) is 0 Å². The minimum Gasteiger partial charge on any atom is -0.481 e. The lowest BCUT2D eigenvalue weighted by Crippen LogP contribution is -2.49. The summed E-state index contributed by atoms with van der Waals surface area (Å²) in [6.45, 7) is 8.02. The summed E-state index contributed by atoms with van der Waals surface area (Å²) < 4.78 is 5.26. The number of carboxylic acids is 1. The molecule has 1 amide bonds. The number of amides is 1. The Morgan fingerprint density at radius 2 is 1.82 bits per heavy atom. The molecule has 0 fully saturated rings. The van der Waals surface area contributed by atoms with Gasteiger partial charge >= 0.3 is 5.97 Å². The highest BCUT2D eigenvalue weighted by molar-refractivity contribution is 5.78. The average molecular weight is 387 g/mol. The molecule has 0 aliphatic heterocycles. The van der Waals surface area contributed by atoms with Gasteiger partial charge in [-0.3, -0.25) is 9.59 Å². The fourth-order valence-electron chi connectivity index (χ4n) is 3.08. The molecule has 1 heterocycles. The van der Waals surface area contributed by atoms with Crippen LogP contribution in [0.25, 0.3) is 11.4 Å². The van der Waals surface area contributed by atoms with Crippen molar-refractivity contribution in [1.29, 1.82) is 0 Å². The van der Waals surface area contributed by atoms with E-state index >= 15 is 0 Å². The first-order valence-electron chi connectivity index (χ1n) is 9.74. The van der Waals surface area contributed by atoms with Gasteiger partial charge in [-0.15, -0.1) is 0 Å². The number of carboxylic acid groups (broad SMARTS) is 1. The number of hydrogen-bond donors (Lipinski definition) is 2. The van der Waals surface area contributed by atoms with Crippen molar-refractivity contribution in [2.45, 2.75) is 71.3 Å². The molecule has 0 spiro atoms. The van der Waals surface area contributed by atoms with E-state index in [1.54, 1.807) is 0 Å². The third-order valence-electron chi connectivity index (χ3n) is 5.12. The van der Waals surface area contributed by atoms with E-state index in [0.717, 1.165) is 5.56 Å². The van der Waals surface area contributed by atoms with Gasteiger partial charge in [0, 0.05) is 23.9 Å². The highest BCUT2D eigenvalue weighted by Gasteiger charge is 2.30. The van der Waals surface area contributed by atoms with Crippen LogP contribution in [0.1, 0.15) is 70.8 Å². The van der Waals surface area contributed by atoms with Crippen LogP contribution >= 0.6 is 0 Å². The molecule has 1 aromatic carbocycles. The van der Waals surface area contributed by atoms with Crippen LogP contribution in [-0.4, -0.2) is 32.7 Å². The van der Waals surface area contributed by atoms with Crippen molar-refractivity contribution in [3.8, 4) is 11.4 Å². The summed E-state index contributed by atoms with van der Waals surface area (Å²) in [4.78, 5) is 27.8. The lowest BCUT2D eigenvalue weighted by atomic mass is 9.88. The van der Waals surface area contributed by atoms with Gasteiger partial charge in [0.25, 0.3) is 0 Å². The van der Waals surface area contributed by atoms with E-state index in [1.807, 2.05) is 38.1 Å². The van der Waals surface area contributed by atoms with Gasteiger partial charge in [-0.25, -0.2) is 0 Å². The summed E-state index contributed by atoms with van der Waals surface area (Å²) in [5.41, 5.74) is 1.38. The van der Waals surface area contributed by atoms with Crippen LogP contribution in [0, 0.1) is 0 Å². The predicted octanol–water partition coefficient (Wildman–Crippen LogP) is 3.94. The van der Waals surface area contributed by atoms with E-state index in [4.69, 9.17) is 9.63 Å². The predicted molar refractivity (Wildman–Crippen MR) is 106 cm³/mol. The number of carbonyl (C=O) groups is 2. The topological polar surface area (TPSA) is 105 Å². The maximum absolute atomic E-state index is 12.3. The monoisotopic (exact) mass is 387 g/mol. The normalized spacial score (nSPS) is 11.6. The maximum atomic E-state index is 12.3. The first kappa shape index (κ1) is 21.6. The maximum Gasteiger partial charge on any atom is 0.305 e. The number of benzene rings is 1. The molecule has 0 aliphatic rings. The van der Waals surface area contributed by atoms with Crippen LogP contribution in [0.4, 0.5) is 0 Å². The van der Waals surface area contributed by atoms with Crippen molar-refractivity contribution >= 4 is 11.9 Å². The second-order valence-corrected chi connectivity index (χ2v) is 7.39. The van der Waals surface area contributed by atoms with Crippen molar-refractivity contribution in [2.75, 3.05) is 0 Å². The Morgan fingerprint density at radius 1 is 1.18 bits per heavy atom. The molecule has 1 aromatic heterocycles. The zero-order valence-electron chi connectivity index (χ0n) is 17.0. The Morgan fingerprint density at radius 3 is 2.36 bits per heavy atom. The van der Waals surface area contributed by atoms with Crippen LogP contribution in [0.5, 0.6) is 0 Å². The minimum atomic E-state index is -0.922. The summed E-state index contributed by atoms with van der Waals surface area (Å²) in [6.07, 6.45) is 1.48. The third kappa shape index (κ3) is 5.65. The van der Waals surface area contributed by atoms with E-state index in [9.17, 15) is 9.59 Å². The molecule has 7 nitrogen and oxygen atoms in total. The minimum absolute atomic E-state index is 0.0944. The van der Waals surface area contributed by atoms with E-state index in [0.29, 0.717) is 36.9 Å². The Balaban J connectivity index is 1.96. The highest BCUT2D eigenvalue weighted by Crippen LogP contribution is 2.22. The Hall–Kier alpha value is -2.70. The number of rotatable bonds is 10. The van der Waals surface area contributed by atoms with Crippen molar-refractivity contribution < 1.29 is 19.2 Å². The molecule has 0 saturated heterocycles. The lowest BCUT2D eigenvalue weighted by molar-refractivity contribution is -0.139. The van der Waals surface area contributed by atoms with E-state index in [-0.39, 0.29) is 18.7 Å². The van der Waals surface area contributed by atoms with Gasteiger partial charge in [0.05, 0.1) is 6.42 Å². The number of hydrogen-bond acceptors (Lipinski definition) is 5. The molecule has 0 aliphatic carbocycles. The van der Waals surface area contributed by atoms with Crippen molar-refractivity contribution in [1.82, 2.24) is 15.5 Å². The largest absolute Gasteiger partial charge is 0.481 e. The van der Waals surface area contributed by atoms with E-state index in [1.165, 1.54) is 5.56 Å². The number of aliphatic carboxylic acids is 1. The summed E-state index contributed by atoms with van der Waals surface area (Å²) in [5, 5.41) is 16.0. The Bertz CT molecular complexity index is 792. The molecule has 152 valence electrons. The van der Waals surface area contributed by atoms with Gasteiger partial charge in [-0.1, -0.05) is 57.1 Å². The van der Waals surface area contributed by atoms with Crippen LogP contribution in [-0.2, 0) is 16.0 Å². The highest BCUT2D eigenvalue weighted by atomic mass is 16.5. The van der Waals surface area contributed by atoms with Crippen LogP contribution < -0.4 is 5.32 Å². The number of carbonyl (C=O) groups excluding carboxylic acids is 1. The van der Waals surface area contributed by atoms with Crippen LogP contribution in [0.3, 0.4) is 0 Å². The standard InChI is InChI=1S/C21H29N3O4/c1-5-21(6-2,13-19(26)27)23-17(25)11-12-18-22-20(24-28-18)16-9-7-15(8-10-16)14(3)4/h7-10,14H,5-6,11-13H2,1-4H3,(H,23,25)(H,26,27). The lowest BCUT2D eigenvalue weighted by Gasteiger charge is -2.31. The molecule has 0 saturated carbocycles. The number of aryl methyl sites for hydroxylation is 1. The molecule has 0 radical (unpaired) electrons. The fraction of sp³-hybridized carbons (Fsp3) is 0.524. The quantitative estimate of drug-likeness (QED) is 0.640. The van der Waals surface area contributed by atoms with Gasteiger partial charge in [0.1, 0.15) is 0 Å². The second-order valence-electron chi connectivity index (χ2n) is 7.39. The molecule has 0 bridgehead atoms. The van der Waals surface area contributed by atoms with Crippen molar-refractivity contribution in [3.05, 3.63) is 35.7 Å². The number of nitrogens with one attached hydrogen (secondary N) is 1. The first-order chi connectivity index (χ1) is 13.3. The molecular formula is C21H29N3O4. The van der Waals surface area contributed by atoms with Gasteiger partial charge in [0.15, 0.2) is 0 Å². The summed E-state index contributed by atoms with van der Waals surface area (Å²) >= 11 is 0. The van der Waals surface area contributed by atoms with Gasteiger partial charge < -0.3 is 14.9 Å². The summed E-state index contributed by atoms with van der Waals surface area (Å²) in [7, 11) is 0. The zero-order chi connectivity index (χ0) is 20.7. The number of aromatic nitrogens is 2. The molecule has 7 heteroatoms. The molecule has 2 aromatic rings. The molecular weight excluding hydrogens is 358 g/mol. The Kier molecular flexibility index (Phi) is 7.31. The first-order valence-corrected chi connectivity index (χ1v) is 9.74. The molecule has 2 N–H and O–H groups in total. The average Bonchev–Trinajstić information content (AvgIpc) is 3.14. The SMILES string of the molecule is CCC(CC)(CC(=O)O)NC(=O)CCc1nc(-c2ccc(C(C)C)cc2)no1. The second kappa shape index (κ2) is 9.48. The van der Waals surface area contributed by atoms with Crippen LogP contribution in [0.15, 0.2) is 28.8 Å². The fourth-order valence-corrected chi connectivity index (χ4v) is 3.08. The summed E-state index contributed by atoms with van der Waals surface area (Å²) in [6, 6.07) is 8.00. The molecule has 28 heavy (non-hydrogen) atoms. The molecule has 2 rings (SSSR count). The number of nitrogens with zero attached hydrogens (tertiary/aromatic N) is 2. The van der Waals surface area contributed by atoms with Gasteiger partial charge in [-0.2, -0.15) is 4.98 Å². The van der Waals surface area contributed by atoms with Gasteiger partial charge in [0.2, 0.25) is 17.6 Å². The van der Waals surface area contributed by atoms with E-state index in [2.05, 4.69) is 29.3 Å². The van der Waals surface area contributed by atoms with E-state index < -0.39 is 11.5 Å². The smallest absolute Gasteiger partial charge is 0.305 e. The van der Waals surface area contributed by atoms with Crippen molar-refractivity contribution in [2.24, 2.45) is 0 Å². The Labute approximate surface area is 165 Å². The molecule has 0 unspecified atom stereocenters. The molecule has 0 atom stereocenters. The zero-order valence-corrected chi connectivity index (χ0v) is 17.0. The third-order valence-corrected chi connectivity index (χ3v) is 5.12. The van der Waals surface area contributed by atoms with Crippen LogP contribution in [0.2, 0.25) is 0 Å².